The third-order valence-corrected chi connectivity index (χ3v) is 10.9. The molecule has 51 heavy (non-hydrogen) atoms. The SMILES string of the molecule is c1ccc(-c2nc(-c3ccc4c(c3)sc3ccccc34)nc(-c3cccc4c3oc3cc(-c5cccc6oc7ccccc7c56)ccc34)n2)cc1. The van der Waals surface area contributed by atoms with Crippen LogP contribution in [0.5, 0.6) is 0 Å². The molecule has 0 unspecified atom stereocenters. The molecule has 238 valence electrons. The van der Waals surface area contributed by atoms with Gasteiger partial charge in [0.2, 0.25) is 0 Å². The van der Waals surface area contributed by atoms with Crippen LogP contribution < -0.4 is 0 Å². The Labute approximate surface area is 295 Å². The molecule has 0 N–H and O–H groups in total. The third kappa shape index (κ3) is 4.43. The van der Waals surface area contributed by atoms with E-state index in [1.807, 2.05) is 66.7 Å². The second kappa shape index (κ2) is 10.9. The number of furan rings is 2. The van der Waals surface area contributed by atoms with Gasteiger partial charge in [-0.25, -0.2) is 15.0 Å². The summed E-state index contributed by atoms with van der Waals surface area (Å²) in [5.41, 5.74) is 8.13. The number of nitrogens with zero attached hydrogens (tertiary/aromatic N) is 3. The third-order valence-electron chi connectivity index (χ3n) is 9.76. The van der Waals surface area contributed by atoms with Crippen molar-refractivity contribution < 1.29 is 8.83 Å². The molecular formula is C45H25N3O2S. The summed E-state index contributed by atoms with van der Waals surface area (Å²) in [5, 5.41) is 6.75. The Morgan fingerprint density at radius 2 is 1.04 bits per heavy atom. The number of thiophene rings is 1. The fourth-order valence-electron chi connectivity index (χ4n) is 7.36. The fourth-order valence-corrected chi connectivity index (χ4v) is 8.51. The number of aromatic nitrogens is 3. The molecule has 0 fully saturated rings. The van der Waals surface area contributed by atoms with E-state index in [1.165, 1.54) is 20.2 Å². The van der Waals surface area contributed by atoms with Crippen LogP contribution in [0.4, 0.5) is 0 Å². The molecule has 0 aliphatic carbocycles. The van der Waals surface area contributed by atoms with E-state index in [1.54, 1.807) is 11.3 Å². The molecule has 5 nitrogen and oxygen atoms in total. The lowest BCUT2D eigenvalue weighted by Crippen LogP contribution is -2.00. The summed E-state index contributed by atoms with van der Waals surface area (Å²) < 4.78 is 15.4. The van der Waals surface area contributed by atoms with Crippen LogP contribution in [0.2, 0.25) is 0 Å². The molecule has 0 saturated carbocycles. The highest BCUT2D eigenvalue weighted by Crippen LogP contribution is 2.41. The Hall–Kier alpha value is -6.63. The van der Waals surface area contributed by atoms with Crippen LogP contribution in [0.3, 0.4) is 0 Å². The molecule has 0 saturated heterocycles. The van der Waals surface area contributed by atoms with Crippen molar-refractivity contribution in [2.45, 2.75) is 0 Å². The topological polar surface area (TPSA) is 65.0 Å². The van der Waals surface area contributed by atoms with Gasteiger partial charge in [0.1, 0.15) is 22.3 Å². The summed E-state index contributed by atoms with van der Waals surface area (Å²) in [4.78, 5) is 15.2. The van der Waals surface area contributed by atoms with E-state index in [0.29, 0.717) is 17.5 Å². The highest BCUT2D eigenvalue weighted by molar-refractivity contribution is 7.25. The van der Waals surface area contributed by atoms with Crippen LogP contribution in [-0.4, -0.2) is 15.0 Å². The van der Waals surface area contributed by atoms with Gasteiger partial charge in [-0.3, -0.25) is 0 Å². The van der Waals surface area contributed by atoms with Gasteiger partial charge in [0.25, 0.3) is 0 Å². The van der Waals surface area contributed by atoms with E-state index in [4.69, 9.17) is 23.8 Å². The van der Waals surface area contributed by atoms with Crippen LogP contribution in [0.15, 0.2) is 160 Å². The molecule has 4 heterocycles. The molecule has 4 aromatic heterocycles. The van der Waals surface area contributed by atoms with Crippen molar-refractivity contribution in [1.29, 1.82) is 0 Å². The number of hydrogen-bond acceptors (Lipinski definition) is 6. The first kappa shape index (κ1) is 28.2. The standard InChI is InChI=1S/C45H25N3O2S/c1-2-10-26(11-3-1)43-46-44(28-21-23-32-31-12-5-7-19-39(31)51-40(32)25-28)48-45(47-43)35-16-8-15-33-30-22-20-27(24-38(30)50-42(33)35)29-14-9-18-37-41(29)34-13-4-6-17-36(34)49-37/h1-25H. The van der Waals surface area contributed by atoms with Gasteiger partial charge >= 0.3 is 0 Å². The molecule has 0 amide bonds. The minimum absolute atomic E-state index is 0.565. The number of para-hydroxylation sites is 2. The van der Waals surface area contributed by atoms with Gasteiger partial charge in [-0.15, -0.1) is 11.3 Å². The zero-order valence-corrected chi connectivity index (χ0v) is 27.8. The van der Waals surface area contributed by atoms with Crippen molar-refractivity contribution >= 4 is 75.4 Å². The highest BCUT2D eigenvalue weighted by Gasteiger charge is 2.19. The molecule has 0 bridgehead atoms. The summed E-state index contributed by atoms with van der Waals surface area (Å²) in [6, 6.07) is 52.1. The second-order valence-corrected chi connectivity index (χ2v) is 13.8. The van der Waals surface area contributed by atoms with Gasteiger partial charge in [-0.1, -0.05) is 109 Å². The molecule has 11 aromatic rings. The zero-order chi connectivity index (χ0) is 33.5. The first-order valence-corrected chi connectivity index (χ1v) is 17.7. The van der Waals surface area contributed by atoms with Gasteiger partial charge in [-0.2, -0.15) is 0 Å². The van der Waals surface area contributed by atoms with E-state index in [9.17, 15) is 0 Å². The Morgan fingerprint density at radius 3 is 1.96 bits per heavy atom. The van der Waals surface area contributed by atoms with E-state index < -0.39 is 0 Å². The van der Waals surface area contributed by atoms with Crippen LogP contribution in [-0.2, 0) is 0 Å². The number of rotatable bonds is 4. The van der Waals surface area contributed by atoms with Crippen LogP contribution >= 0.6 is 11.3 Å². The van der Waals surface area contributed by atoms with E-state index in [-0.39, 0.29) is 0 Å². The second-order valence-electron chi connectivity index (χ2n) is 12.8. The van der Waals surface area contributed by atoms with E-state index in [0.717, 1.165) is 71.7 Å². The lowest BCUT2D eigenvalue weighted by atomic mass is 9.98. The smallest absolute Gasteiger partial charge is 0.167 e. The molecule has 0 aliphatic rings. The zero-order valence-electron chi connectivity index (χ0n) is 27.0. The van der Waals surface area contributed by atoms with Gasteiger partial charge in [0.05, 0.1) is 5.56 Å². The lowest BCUT2D eigenvalue weighted by molar-refractivity contribution is 0.668. The highest BCUT2D eigenvalue weighted by atomic mass is 32.1. The number of benzene rings is 7. The Bertz CT molecular complexity index is 3160. The Balaban J connectivity index is 1.09. The quantitative estimate of drug-likeness (QED) is 0.186. The normalized spacial score (nSPS) is 11.9. The molecule has 11 rings (SSSR count). The predicted molar refractivity (Wildman–Crippen MR) is 209 cm³/mol. The largest absolute Gasteiger partial charge is 0.456 e. The van der Waals surface area contributed by atoms with Crippen molar-refractivity contribution in [3.8, 4) is 45.3 Å². The molecular weight excluding hydrogens is 647 g/mol. The summed E-state index contributed by atoms with van der Waals surface area (Å²) >= 11 is 1.79. The summed E-state index contributed by atoms with van der Waals surface area (Å²) in [5.74, 6) is 1.80. The van der Waals surface area contributed by atoms with Crippen molar-refractivity contribution in [2.24, 2.45) is 0 Å². The van der Waals surface area contributed by atoms with Crippen molar-refractivity contribution in [1.82, 2.24) is 15.0 Å². The molecule has 0 radical (unpaired) electrons. The molecule has 0 spiro atoms. The maximum absolute atomic E-state index is 6.74. The number of hydrogen-bond donors (Lipinski definition) is 0. The van der Waals surface area contributed by atoms with Crippen LogP contribution in [0, 0.1) is 0 Å². The minimum atomic E-state index is 0.565. The van der Waals surface area contributed by atoms with Gasteiger partial charge < -0.3 is 8.83 Å². The number of fused-ring (bicyclic) bond motifs is 9. The average molecular weight is 672 g/mol. The fraction of sp³-hybridized carbons (Fsp3) is 0. The first-order valence-electron chi connectivity index (χ1n) is 16.8. The summed E-state index contributed by atoms with van der Waals surface area (Å²) in [6.07, 6.45) is 0. The van der Waals surface area contributed by atoms with Crippen molar-refractivity contribution in [3.63, 3.8) is 0 Å². The Kier molecular flexibility index (Phi) is 6.05. The molecule has 7 aromatic carbocycles. The maximum atomic E-state index is 6.74. The molecule has 6 heteroatoms. The monoisotopic (exact) mass is 671 g/mol. The molecule has 0 atom stereocenters. The minimum Gasteiger partial charge on any atom is -0.456 e. The first-order chi connectivity index (χ1) is 25.2. The van der Waals surface area contributed by atoms with E-state index >= 15 is 0 Å². The van der Waals surface area contributed by atoms with Gasteiger partial charge in [-0.05, 0) is 53.6 Å². The van der Waals surface area contributed by atoms with Gasteiger partial charge in [0.15, 0.2) is 17.5 Å². The van der Waals surface area contributed by atoms with E-state index in [2.05, 4.69) is 84.9 Å². The van der Waals surface area contributed by atoms with Crippen LogP contribution in [0.25, 0.3) is 109 Å². The van der Waals surface area contributed by atoms with Crippen LogP contribution in [0.1, 0.15) is 0 Å². The summed E-state index contributed by atoms with van der Waals surface area (Å²) in [7, 11) is 0. The van der Waals surface area contributed by atoms with Crippen molar-refractivity contribution in [2.75, 3.05) is 0 Å². The lowest BCUT2D eigenvalue weighted by Gasteiger charge is -2.09. The average Bonchev–Trinajstić information content (AvgIpc) is 3.88. The summed E-state index contributed by atoms with van der Waals surface area (Å²) in [6.45, 7) is 0. The molecule has 0 aliphatic heterocycles. The van der Waals surface area contributed by atoms with Crippen molar-refractivity contribution in [3.05, 3.63) is 152 Å². The Morgan fingerprint density at radius 1 is 0.373 bits per heavy atom. The van der Waals surface area contributed by atoms with Gasteiger partial charge in [0, 0.05) is 52.8 Å². The maximum Gasteiger partial charge on any atom is 0.167 e. The predicted octanol–water partition coefficient (Wildman–Crippen LogP) is 12.7.